The second kappa shape index (κ2) is 9.73. The van der Waals surface area contributed by atoms with Gasteiger partial charge in [-0.05, 0) is 36.2 Å². The summed E-state index contributed by atoms with van der Waals surface area (Å²) in [4.78, 5) is 29.5. The zero-order chi connectivity index (χ0) is 20.6. The van der Waals surface area contributed by atoms with E-state index in [1.165, 1.54) is 6.92 Å². The summed E-state index contributed by atoms with van der Waals surface area (Å²) in [6, 6.07) is 17.5. The largest absolute Gasteiger partial charge is 0.356 e. The average molecular weight is 393 g/mol. The number of nitrogens with zero attached hydrogens (tertiary/aromatic N) is 2. The van der Waals surface area contributed by atoms with E-state index in [2.05, 4.69) is 20.9 Å². The fourth-order valence-electron chi connectivity index (χ4n) is 3.33. The van der Waals surface area contributed by atoms with Gasteiger partial charge in [0.25, 0.3) is 0 Å². The van der Waals surface area contributed by atoms with Crippen LogP contribution in [0.1, 0.15) is 18.9 Å². The first-order chi connectivity index (χ1) is 14.0. The number of hydrogen-bond donors (Lipinski definition) is 3. The Hall–Kier alpha value is -3.35. The topological polar surface area (TPSA) is 85.8 Å². The third kappa shape index (κ3) is 5.81. The lowest BCUT2D eigenvalue weighted by Crippen LogP contribution is -2.45. The van der Waals surface area contributed by atoms with Crippen molar-refractivity contribution in [1.29, 1.82) is 0 Å². The van der Waals surface area contributed by atoms with E-state index in [1.54, 1.807) is 7.05 Å². The third-order valence-electron chi connectivity index (χ3n) is 4.74. The molecule has 29 heavy (non-hydrogen) atoms. The summed E-state index contributed by atoms with van der Waals surface area (Å²) in [5.41, 5.74) is 2.88. The summed E-state index contributed by atoms with van der Waals surface area (Å²) in [6.07, 6.45) is 1.26. The Morgan fingerprint density at radius 1 is 1.14 bits per heavy atom. The van der Waals surface area contributed by atoms with Crippen LogP contribution in [0, 0.1) is 0 Å². The van der Waals surface area contributed by atoms with Gasteiger partial charge in [-0.15, -0.1) is 0 Å². The molecule has 3 rings (SSSR count). The molecule has 1 aliphatic rings. The SMILES string of the molecule is CN=C(NCCc1ccc(NC(C)=O)cc1)NC1CC(=O)N(c2ccccc2)C1. The smallest absolute Gasteiger partial charge is 0.229 e. The van der Waals surface area contributed by atoms with Crippen LogP contribution >= 0.6 is 0 Å². The van der Waals surface area contributed by atoms with Crippen molar-refractivity contribution in [3.8, 4) is 0 Å². The maximum absolute atomic E-state index is 12.3. The number of guanidine groups is 1. The van der Waals surface area contributed by atoms with Gasteiger partial charge < -0.3 is 20.9 Å². The van der Waals surface area contributed by atoms with Crippen molar-refractivity contribution in [2.45, 2.75) is 25.8 Å². The second-order valence-electron chi connectivity index (χ2n) is 7.01. The highest BCUT2D eigenvalue weighted by molar-refractivity contribution is 5.97. The van der Waals surface area contributed by atoms with E-state index in [1.807, 2.05) is 59.5 Å². The van der Waals surface area contributed by atoms with Gasteiger partial charge in [0.15, 0.2) is 5.96 Å². The maximum atomic E-state index is 12.3. The van der Waals surface area contributed by atoms with E-state index in [4.69, 9.17) is 0 Å². The number of hydrogen-bond acceptors (Lipinski definition) is 3. The number of benzene rings is 2. The monoisotopic (exact) mass is 393 g/mol. The van der Waals surface area contributed by atoms with Gasteiger partial charge in [-0.25, -0.2) is 0 Å². The van der Waals surface area contributed by atoms with Gasteiger partial charge in [0.05, 0.1) is 6.04 Å². The molecule has 0 radical (unpaired) electrons. The summed E-state index contributed by atoms with van der Waals surface area (Å²) in [5, 5.41) is 9.40. The predicted octanol–water partition coefficient (Wildman–Crippen LogP) is 2.16. The van der Waals surface area contributed by atoms with E-state index in [-0.39, 0.29) is 17.9 Å². The van der Waals surface area contributed by atoms with Crippen LogP contribution in [-0.4, -0.2) is 44.0 Å². The van der Waals surface area contributed by atoms with Crippen molar-refractivity contribution in [2.75, 3.05) is 30.4 Å². The Bertz CT molecular complexity index is 865. The minimum atomic E-state index is -0.0782. The van der Waals surface area contributed by atoms with E-state index in [0.29, 0.717) is 25.5 Å². The molecular weight excluding hydrogens is 366 g/mol. The lowest BCUT2D eigenvalue weighted by molar-refractivity contribution is -0.117. The average Bonchev–Trinajstić information content (AvgIpc) is 3.09. The van der Waals surface area contributed by atoms with Crippen LogP contribution in [0.25, 0.3) is 0 Å². The maximum Gasteiger partial charge on any atom is 0.229 e. The van der Waals surface area contributed by atoms with Gasteiger partial charge in [0.1, 0.15) is 0 Å². The first-order valence-electron chi connectivity index (χ1n) is 9.74. The van der Waals surface area contributed by atoms with Crippen molar-refractivity contribution >= 4 is 29.1 Å². The summed E-state index contributed by atoms with van der Waals surface area (Å²) in [7, 11) is 1.73. The van der Waals surface area contributed by atoms with Crippen LogP contribution in [0.3, 0.4) is 0 Å². The quantitative estimate of drug-likeness (QED) is 0.519. The summed E-state index contributed by atoms with van der Waals surface area (Å²) >= 11 is 0. The normalized spacial score (nSPS) is 16.6. The first-order valence-corrected chi connectivity index (χ1v) is 9.74. The number of nitrogens with one attached hydrogen (secondary N) is 3. The van der Waals surface area contributed by atoms with Gasteiger partial charge in [0, 0.05) is 44.9 Å². The van der Waals surface area contributed by atoms with Gasteiger partial charge >= 0.3 is 0 Å². The Balaban J connectivity index is 1.46. The number of rotatable bonds is 6. The molecule has 0 bridgehead atoms. The van der Waals surface area contributed by atoms with Crippen LogP contribution in [-0.2, 0) is 16.0 Å². The molecule has 2 aromatic rings. The second-order valence-corrected chi connectivity index (χ2v) is 7.01. The molecule has 2 aromatic carbocycles. The molecule has 1 aliphatic heterocycles. The molecule has 1 fully saturated rings. The molecule has 1 atom stereocenters. The molecule has 1 unspecified atom stereocenters. The molecule has 2 amide bonds. The van der Waals surface area contributed by atoms with Crippen LogP contribution in [0.4, 0.5) is 11.4 Å². The molecule has 1 saturated heterocycles. The Kier molecular flexibility index (Phi) is 6.84. The van der Waals surface area contributed by atoms with Crippen molar-refractivity contribution in [3.63, 3.8) is 0 Å². The molecule has 1 heterocycles. The number of aliphatic imine (C=N–C) groups is 1. The van der Waals surface area contributed by atoms with Gasteiger partial charge in [-0.1, -0.05) is 30.3 Å². The third-order valence-corrected chi connectivity index (χ3v) is 4.74. The van der Waals surface area contributed by atoms with E-state index < -0.39 is 0 Å². The van der Waals surface area contributed by atoms with Gasteiger partial charge in [0.2, 0.25) is 11.8 Å². The van der Waals surface area contributed by atoms with Crippen molar-refractivity contribution in [3.05, 3.63) is 60.2 Å². The van der Waals surface area contributed by atoms with Crippen LogP contribution in [0.15, 0.2) is 59.6 Å². The zero-order valence-electron chi connectivity index (χ0n) is 16.8. The lowest BCUT2D eigenvalue weighted by Gasteiger charge is -2.19. The van der Waals surface area contributed by atoms with E-state index in [9.17, 15) is 9.59 Å². The zero-order valence-corrected chi connectivity index (χ0v) is 16.8. The first kappa shape index (κ1) is 20.4. The van der Waals surface area contributed by atoms with Crippen molar-refractivity contribution in [2.24, 2.45) is 4.99 Å². The molecule has 3 N–H and O–H groups in total. The number of para-hydroxylation sites is 1. The van der Waals surface area contributed by atoms with Crippen molar-refractivity contribution < 1.29 is 9.59 Å². The van der Waals surface area contributed by atoms with Crippen LogP contribution < -0.4 is 20.9 Å². The highest BCUT2D eigenvalue weighted by atomic mass is 16.2. The Morgan fingerprint density at radius 2 is 1.86 bits per heavy atom. The fourth-order valence-corrected chi connectivity index (χ4v) is 3.33. The lowest BCUT2D eigenvalue weighted by atomic mass is 10.1. The minimum absolute atomic E-state index is 0.0193. The molecule has 0 aliphatic carbocycles. The highest BCUT2D eigenvalue weighted by Crippen LogP contribution is 2.20. The standard InChI is InChI=1S/C22H27N5O2/c1-16(28)25-18-10-8-17(9-11-18)12-13-24-22(23-2)26-19-14-21(29)27(15-19)20-6-4-3-5-7-20/h3-11,19H,12-15H2,1-2H3,(H,25,28)(H2,23,24,26). The number of carbonyl (C=O) groups is 2. The van der Waals surface area contributed by atoms with Crippen molar-refractivity contribution in [1.82, 2.24) is 10.6 Å². The van der Waals surface area contributed by atoms with Crippen LogP contribution in [0.5, 0.6) is 0 Å². The van der Waals surface area contributed by atoms with Gasteiger partial charge in [-0.3, -0.25) is 14.6 Å². The highest BCUT2D eigenvalue weighted by Gasteiger charge is 2.30. The summed E-state index contributed by atoms with van der Waals surface area (Å²) in [6.45, 7) is 2.82. The number of anilines is 2. The molecule has 7 nitrogen and oxygen atoms in total. The van der Waals surface area contributed by atoms with Crippen LogP contribution in [0.2, 0.25) is 0 Å². The van der Waals surface area contributed by atoms with Gasteiger partial charge in [-0.2, -0.15) is 0 Å². The molecular formula is C22H27N5O2. The molecule has 152 valence electrons. The molecule has 0 spiro atoms. The fraction of sp³-hybridized carbons (Fsp3) is 0.318. The van der Waals surface area contributed by atoms with E-state index >= 15 is 0 Å². The summed E-state index contributed by atoms with van der Waals surface area (Å²) in [5.74, 6) is 0.724. The number of amides is 2. The summed E-state index contributed by atoms with van der Waals surface area (Å²) < 4.78 is 0. The Morgan fingerprint density at radius 3 is 2.52 bits per heavy atom. The van der Waals surface area contributed by atoms with E-state index in [0.717, 1.165) is 23.4 Å². The minimum Gasteiger partial charge on any atom is -0.356 e. The molecule has 0 aromatic heterocycles. The number of carbonyl (C=O) groups excluding carboxylic acids is 2. The molecule has 0 saturated carbocycles. The molecule has 7 heteroatoms. The Labute approximate surface area is 171 Å². The predicted molar refractivity (Wildman–Crippen MR) is 116 cm³/mol.